The molecular formula is C15H24. The van der Waals surface area contributed by atoms with Gasteiger partial charge < -0.3 is 0 Å². The van der Waals surface area contributed by atoms with Crippen LogP contribution in [0.25, 0.3) is 0 Å². The van der Waals surface area contributed by atoms with Crippen LogP contribution in [-0.2, 0) is 0 Å². The summed E-state index contributed by atoms with van der Waals surface area (Å²) in [5, 5.41) is 0. The van der Waals surface area contributed by atoms with Gasteiger partial charge in [0.15, 0.2) is 0 Å². The molecule has 0 saturated heterocycles. The predicted octanol–water partition coefficient (Wildman–Crippen LogP) is 4.70. The van der Waals surface area contributed by atoms with Gasteiger partial charge in [0.2, 0.25) is 0 Å². The van der Waals surface area contributed by atoms with Crippen LogP contribution >= 0.6 is 0 Å². The number of hydrogen-bond acceptors (Lipinski definition) is 0. The zero-order chi connectivity index (χ0) is 10.3. The van der Waals surface area contributed by atoms with Crippen molar-refractivity contribution in [1.29, 1.82) is 0 Å². The van der Waals surface area contributed by atoms with Gasteiger partial charge in [0, 0.05) is 0 Å². The molecule has 0 amide bonds. The molecule has 0 aromatic rings. The molecule has 0 bridgehead atoms. The number of fused-ring (bicyclic) bond motifs is 1. The number of hydrogen-bond donors (Lipinski definition) is 0. The minimum atomic E-state index is 0.621. The maximum absolute atomic E-state index is 2.67. The second-order valence-electron chi connectivity index (χ2n) is 6.22. The lowest BCUT2D eigenvalue weighted by atomic mass is 9.51. The minimum absolute atomic E-state index is 0.621. The van der Waals surface area contributed by atoms with Crippen molar-refractivity contribution in [2.45, 2.75) is 64.7 Å². The quantitative estimate of drug-likeness (QED) is 0.543. The first kappa shape index (κ1) is 9.93. The third kappa shape index (κ3) is 1.48. The fourth-order valence-corrected chi connectivity index (χ4v) is 4.45. The number of rotatable bonds is 1. The van der Waals surface area contributed by atoms with Crippen LogP contribution < -0.4 is 0 Å². The summed E-state index contributed by atoms with van der Waals surface area (Å²) < 4.78 is 0. The Hall–Kier alpha value is -0.260. The molecule has 2 fully saturated rings. The first-order chi connectivity index (χ1) is 7.31. The van der Waals surface area contributed by atoms with Crippen LogP contribution in [0.4, 0.5) is 0 Å². The Balaban J connectivity index is 1.76. The SMILES string of the molecule is CC1(C2CCCCC2)C=C2CCCCC21. The van der Waals surface area contributed by atoms with Crippen molar-refractivity contribution >= 4 is 0 Å². The van der Waals surface area contributed by atoms with Crippen LogP contribution in [0.3, 0.4) is 0 Å². The number of allylic oxidation sites excluding steroid dienone is 2. The third-order valence-corrected chi connectivity index (χ3v) is 5.39. The molecule has 2 saturated carbocycles. The molecule has 0 aromatic carbocycles. The Kier molecular flexibility index (Phi) is 2.41. The van der Waals surface area contributed by atoms with E-state index in [0.29, 0.717) is 5.41 Å². The van der Waals surface area contributed by atoms with Crippen molar-refractivity contribution in [3.05, 3.63) is 11.6 Å². The van der Waals surface area contributed by atoms with E-state index in [-0.39, 0.29) is 0 Å². The summed E-state index contributed by atoms with van der Waals surface area (Å²) in [6.45, 7) is 2.56. The van der Waals surface area contributed by atoms with E-state index in [4.69, 9.17) is 0 Å². The van der Waals surface area contributed by atoms with Gasteiger partial charge in [-0.25, -0.2) is 0 Å². The van der Waals surface area contributed by atoms with Crippen molar-refractivity contribution < 1.29 is 0 Å². The molecule has 84 valence electrons. The normalized spacial score (nSPS) is 41.7. The lowest BCUT2D eigenvalue weighted by molar-refractivity contribution is 0.0843. The van der Waals surface area contributed by atoms with Gasteiger partial charge in [0.1, 0.15) is 0 Å². The van der Waals surface area contributed by atoms with Gasteiger partial charge in [-0.15, -0.1) is 0 Å². The Bertz CT molecular complexity index is 270. The maximum atomic E-state index is 2.67. The Morgan fingerprint density at radius 3 is 2.47 bits per heavy atom. The maximum Gasteiger partial charge on any atom is -0.00501 e. The van der Waals surface area contributed by atoms with E-state index in [1.165, 1.54) is 57.8 Å². The summed E-state index contributed by atoms with van der Waals surface area (Å²) in [6.07, 6.45) is 16.1. The summed E-state index contributed by atoms with van der Waals surface area (Å²) in [4.78, 5) is 0. The lowest BCUT2D eigenvalue weighted by Crippen LogP contribution is -2.44. The topological polar surface area (TPSA) is 0 Å². The lowest BCUT2D eigenvalue weighted by Gasteiger charge is -2.53. The van der Waals surface area contributed by atoms with Gasteiger partial charge in [0.05, 0.1) is 0 Å². The van der Waals surface area contributed by atoms with Crippen molar-refractivity contribution in [3.63, 3.8) is 0 Å². The monoisotopic (exact) mass is 204 g/mol. The molecule has 0 heterocycles. The molecule has 0 aromatic heterocycles. The molecule has 0 N–H and O–H groups in total. The van der Waals surface area contributed by atoms with Crippen LogP contribution in [0.15, 0.2) is 11.6 Å². The van der Waals surface area contributed by atoms with Crippen molar-refractivity contribution in [2.75, 3.05) is 0 Å². The van der Waals surface area contributed by atoms with Crippen LogP contribution in [-0.4, -0.2) is 0 Å². The molecule has 3 aliphatic rings. The summed E-state index contributed by atoms with van der Waals surface area (Å²) in [5.74, 6) is 2.02. The van der Waals surface area contributed by atoms with E-state index in [1.807, 2.05) is 5.57 Å². The van der Waals surface area contributed by atoms with Gasteiger partial charge in [0.25, 0.3) is 0 Å². The minimum Gasteiger partial charge on any atom is -0.0782 e. The second kappa shape index (κ2) is 3.64. The average molecular weight is 204 g/mol. The first-order valence-corrected chi connectivity index (χ1v) is 7.02. The highest BCUT2D eigenvalue weighted by Crippen LogP contribution is 2.58. The highest BCUT2D eigenvalue weighted by molar-refractivity contribution is 5.30. The third-order valence-electron chi connectivity index (χ3n) is 5.39. The smallest absolute Gasteiger partial charge is 0.00501 e. The van der Waals surface area contributed by atoms with E-state index >= 15 is 0 Å². The molecule has 0 aliphatic heterocycles. The summed E-state index contributed by atoms with van der Waals surface area (Å²) >= 11 is 0. The Morgan fingerprint density at radius 2 is 1.73 bits per heavy atom. The predicted molar refractivity (Wildman–Crippen MR) is 64.7 cm³/mol. The molecule has 0 heteroatoms. The van der Waals surface area contributed by atoms with Crippen LogP contribution in [0.1, 0.15) is 64.7 Å². The highest BCUT2D eigenvalue weighted by atomic mass is 14.5. The molecule has 2 unspecified atom stereocenters. The van der Waals surface area contributed by atoms with E-state index in [1.54, 1.807) is 0 Å². The van der Waals surface area contributed by atoms with Crippen LogP contribution in [0, 0.1) is 17.3 Å². The van der Waals surface area contributed by atoms with Gasteiger partial charge in [-0.05, 0) is 49.4 Å². The molecule has 3 rings (SSSR count). The highest BCUT2D eigenvalue weighted by Gasteiger charge is 2.48. The van der Waals surface area contributed by atoms with E-state index in [2.05, 4.69) is 13.0 Å². The van der Waals surface area contributed by atoms with Gasteiger partial charge in [-0.1, -0.05) is 44.3 Å². The summed E-state index contributed by atoms with van der Waals surface area (Å²) in [5.41, 5.74) is 2.45. The van der Waals surface area contributed by atoms with E-state index in [0.717, 1.165) is 11.8 Å². The molecule has 0 radical (unpaired) electrons. The fraction of sp³-hybridized carbons (Fsp3) is 0.867. The van der Waals surface area contributed by atoms with E-state index < -0.39 is 0 Å². The van der Waals surface area contributed by atoms with Crippen molar-refractivity contribution in [3.8, 4) is 0 Å². The van der Waals surface area contributed by atoms with Crippen LogP contribution in [0.5, 0.6) is 0 Å². The summed E-state index contributed by atoms with van der Waals surface area (Å²) in [6, 6.07) is 0. The fourth-order valence-electron chi connectivity index (χ4n) is 4.45. The Labute approximate surface area is 94.1 Å². The van der Waals surface area contributed by atoms with Gasteiger partial charge in [-0.3, -0.25) is 0 Å². The molecule has 0 spiro atoms. The summed E-state index contributed by atoms with van der Waals surface area (Å²) in [7, 11) is 0. The molecule has 0 nitrogen and oxygen atoms in total. The molecular weight excluding hydrogens is 180 g/mol. The first-order valence-electron chi connectivity index (χ1n) is 7.02. The molecule has 15 heavy (non-hydrogen) atoms. The van der Waals surface area contributed by atoms with Gasteiger partial charge >= 0.3 is 0 Å². The Morgan fingerprint density at radius 1 is 1.00 bits per heavy atom. The molecule has 2 atom stereocenters. The standard InChI is InChI=1S/C15H24/c1-15(13-8-3-2-4-9-13)11-12-7-5-6-10-14(12)15/h11,13-14H,2-10H2,1H3. The zero-order valence-corrected chi connectivity index (χ0v) is 10.1. The zero-order valence-electron chi connectivity index (χ0n) is 10.1. The molecule has 3 aliphatic carbocycles. The second-order valence-corrected chi connectivity index (χ2v) is 6.22. The van der Waals surface area contributed by atoms with E-state index in [9.17, 15) is 0 Å². The van der Waals surface area contributed by atoms with Crippen molar-refractivity contribution in [1.82, 2.24) is 0 Å². The largest absolute Gasteiger partial charge is 0.0782 e. The van der Waals surface area contributed by atoms with Crippen LogP contribution in [0.2, 0.25) is 0 Å². The van der Waals surface area contributed by atoms with Gasteiger partial charge in [-0.2, -0.15) is 0 Å². The van der Waals surface area contributed by atoms with Crippen molar-refractivity contribution in [2.24, 2.45) is 17.3 Å². The average Bonchev–Trinajstić information content (AvgIpc) is 2.29.